The number of methoxy groups -OCH3 is 1. The number of nitrogens with one attached hydrogen (secondary N) is 2. The fourth-order valence-corrected chi connectivity index (χ4v) is 3.26. The van der Waals surface area contributed by atoms with Crippen molar-refractivity contribution in [3.63, 3.8) is 0 Å². The van der Waals surface area contributed by atoms with E-state index < -0.39 is 0 Å². The van der Waals surface area contributed by atoms with Gasteiger partial charge in [-0.2, -0.15) is 0 Å². The van der Waals surface area contributed by atoms with Crippen molar-refractivity contribution in [2.45, 2.75) is 0 Å². The number of benzene rings is 4. The maximum atomic E-state index is 12.6. The number of nitroso groups, excluding NO2 is 1. The molecule has 0 saturated heterocycles. The summed E-state index contributed by atoms with van der Waals surface area (Å²) in [4.78, 5) is 25.7. The van der Waals surface area contributed by atoms with Gasteiger partial charge in [-0.1, -0.05) is 48.5 Å². The van der Waals surface area contributed by atoms with Gasteiger partial charge in [-0.25, -0.2) is 0 Å². The number of anilines is 1. The molecule has 0 heterocycles. The normalized spacial score (nSPS) is 10.4. The summed E-state index contributed by atoms with van der Waals surface area (Å²) in [6.07, 6.45) is 0. The molecule has 1 amide bonds. The minimum atomic E-state index is -0.382. The molecule has 4 aromatic rings. The molecule has 4 aromatic carbocycles. The molecule has 0 radical (unpaired) electrons. The van der Waals surface area contributed by atoms with Crippen LogP contribution in [0.5, 0.6) is 17.2 Å². The number of ether oxygens (including phenoxy) is 2. The summed E-state index contributed by atoms with van der Waals surface area (Å²) in [5, 5.41) is 4.53. The molecule has 0 aromatic heterocycles. The van der Waals surface area contributed by atoms with Gasteiger partial charge in [0.2, 0.25) is 5.91 Å². The lowest BCUT2D eigenvalue weighted by molar-refractivity contribution is -0.524. The third-order valence-electron chi connectivity index (χ3n) is 4.80. The van der Waals surface area contributed by atoms with Crippen LogP contribution in [0.1, 0.15) is 0 Å². The van der Waals surface area contributed by atoms with Gasteiger partial charge in [-0.15, -0.1) is 5.43 Å². The van der Waals surface area contributed by atoms with Crippen LogP contribution < -0.4 is 20.2 Å². The van der Waals surface area contributed by atoms with E-state index in [9.17, 15) is 9.70 Å². The Hall–Kier alpha value is -4.39. The van der Waals surface area contributed by atoms with Crippen molar-refractivity contribution >= 4 is 28.1 Å². The summed E-state index contributed by atoms with van der Waals surface area (Å²) in [7, 11) is 1.58. The zero-order valence-electron chi connectivity index (χ0n) is 17.4. The van der Waals surface area contributed by atoms with Crippen LogP contribution in [0, 0.1) is 4.91 Å². The zero-order valence-corrected chi connectivity index (χ0v) is 17.4. The van der Waals surface area contributed by atoms with Gasteiger partial charge in [-0.05, 0) is 35.7 Å². The number of nitrogens with zero attached hydrogens (tertiary/aromatic N) is 1. The van der Waals surface area contributed by atoms with Crippen LogP contribution in [-0.2, 0) is 4.79 Å². The molecule has 0 aliphatic heterocycles. The first-order chi connectivity index (χ1) is 15.6. The van der Waals surface area contributed by atoms with Crippen LogP contribution in [0.2, 0.25) is 0 Å². The fraction of sp³-hybridized carbons (Fsp3) is 0.0800. The predicted octanol–water partition coefficient (Wildman–Crippen LogP) is 5.19. The van der Waals surface area contributed by atoms with Crippen LogP contribution in [-0.4, -0.2) is 24.4 Å². The topological polar surface area (TPSA) is 79.7 Å². The first kappa shape index (κ1) is 20.9. The molecule has 0 fully saturated rings. The first-order valence-corrected chi connectivity index (χ1v) is 10.0. The van der Waals surface area contributed by atoms with Gasteiger partial charge in [0.15, 0.2) is 17.2 Å². The second-order valence-corrected chi connectivity index (χ2v) is 6.95. The van der Waals surface area contributed by atoms with E-state index in [2.05, 4.69) is 10.7 Å². The van der Waals surface area contributed by atoms with Crippen molar-refractivity contribution in [1.82, 2.24) is 5.43 Å². The van der Waals surface area contributed by atoms with Crippen molar-refractivity contribution in [1.29, 1.82) is 0 Å². The smallest absolute Gasteiger partial charge is 0.299 e. The fourth-order valence-electron chi connectivity index (χ4n) is 3.26. The number of amides is 1. The third-order valence-corrected chi connectivity index (χ3v) is 4.80. The second-order valence-electron chi connectivity index (χ2n) is 6.95. The molecule has 7 nitrogen and oxygen atoms in total. The molecular formula is C25H22N3O4+. The maximum absolute atomic E-state index is 12.6. The number of para-hydroxylation sites is 2. The van der Waals surface area contributed by atoms with E-state index in [4.69, 9.17) is 9.47 Å². The molecule has 4 rings (SSSR count). The molecule has 32 heavy (non-hydrogen) atoms. The van der Waals surface area contributed by atoms with Gasteiger partial charge in [0.25, 0.3) is 5.69 Å². The Morgan fingerprint density at radius 3 is 2.47 bits per heavy atom. The van der Waals surface area contributed by atoms with E-state index >= 15 is 0 Å². The summed E-state index contributed by atoms with van der Waals surface area (Å²) in [6, 6.07) is 27.3. The Labute approximate surface area is 185 Å². The molecule has 0 atom stereocenters. The number of fused-ring (bicyclic) bond motifs is 1. The summed E-state index contributed by atoms with van der Waals surface area (Å²) in [6.45, 7) is -0.208. The summed E-state index contributed by atoms with van der Waals surface area (Å²) in [5.41, 5.74) is 3.54. The van der Waals surface area contributed by atoms with Crippen LogP contribution in [0.15, 0.2) is 91.0 Å². The highest BCUT2D eigenvalue weighted by molar-refractivity contribution is 5.94. The molecule has 0 spiro atoms. The van der Waals surface area contributed by atoms with E-state index in [0.717, 1.165) is 10.8 Å². The summed E-state index contributed by atoms with van der Waals surface area (Å²) >= 11 is 0. The molecule has 0 saturated carbocycles. The molecule has 7 heteroatoms. The number of rotatable bonds is 8. The van der Waals surface area contributed by atoms with Crippen LogP contribution in [0.3, 0.4) is 0 Å². The highest BCUT2D eigenvalue weighted by Gasteiger charge is 2.19. The summed E-state index contributed by atoms with van der Waals surface area (Å²) in [5.74, 6) is 1.33. The van der Waals surface area contributed by atoms with Gasteiger partial charge in [0.05, 0.1) is 23.1 Å². The summed E-state index contributed by atoms with van der Waals surface area (Å²) < 4.78 is 11.1. The number of hydrazine groups is 1. The molecule has 0 unspecified atom stereocenters. The average molecular weight is 428 g/mol. The molecule has 0 aliphatic rings. The van der Waals surface area contributed by atoms with Crippen LogP contribution in [0.4, 0.5) is 11.4 Å². The Morgan fingerprint density at radius 2 is 1.59 bits per heavy atom. The van der Waals surface area contributed by atoms with Gasteiger partial charge >= 0.3 is 0 Å². The highest BCUT2D eigenvalue weighted by atomic mass is 16.5. The Balaban J connectivity index is 1.42. The Morgan fingerprint density at radius 1 is 0.875 bits per heavy atom. The van der Waals surface area contributed by atoms with Crippen molar-refractivity contribution in [3.8, 4) is 17.2 Å². The predicted molar refractivity (Wildman–Crippen MR) is 123 cm³/mol. The number of hydrogen-bond acceptors (Lipinski definition) is 4. The average Bonchev–Trinajstić information content (AvgIpc) is 2.83. The SMILES string of the molecule is COc1cccc(Oc2ccccc2NC(=O)CN[N+](=O)c2cccc3ccccc23)c1. The van der Waals surface area contributed by atoms with E-state index in [1.54, 1.807) is 49.6 Å². The van der Waals surface area contributed by atoms with E-state index in [0.29, 0.717) is 33.5 Å². The van der Waals surface area contributed by atoms with Crippen molar-refractivity contribution in [2.75, 3.05) is 19.0 Å². The number of hydrogen-bond donors (Lipinski definition) is 2. The molecule has 0 bridgehead atoms. The zero-order chi connectivity index (χ0) is 22.3. The highest BCUT2D eigenvalue weighted by Crippen LogP contribution is 2.31. The lowest BCUT2D eigenvalue weighted by atomic mass is 10.1. The van der Waals surface area contributed by atoms with Crippen molar-refractivity contribution < 1.29 is 19.1 Å². The van der Waals surface area contributed by atoms with E-state index in [1.165, 1.54) is 0 Å². The van der Waals surface area contributed by atoms with Gasteiger partial charge in [0.1, 0.15) is 11.5 Å². The third kappa shape index (κ3) is 4.84. The lowest BCUT2D eigenvalue weighted by Crippen LogP contribution is -2.32. The van der Waals surface area contributed by atoms with Crippen molar-refractivity contribution in [2.24, 2.45) is 0 Å². The standard InChI is InChI=1S/C25H21N3O4/c1-31-19-10-7-11-20(16-19)32-24-15-5-4-13-22(24)27-25(29)17-26-28(30)23-14-6-9-18-8-2-3-12-21(18)23/h2-16H,17H2,1H3,(H-,26,27,29,30)/p+1. The molecule has 160 valence electrons. The number of carbonyl (C=O) groups is 1. The minimum absolute atomic E-state index is 0.208. The van der Waals surface area contributed by atoms with Crippen molar-refractivity contribution in [3.05, 3.63) is 95.9 Å². The molecule has 0 aliphatic carbocycles. The van der Waals surface area contributed by atoms with E-state index in [-0.39, 0.29) is 12.5 Å². The van der Waals surface area contributed by atoms with Crippen LogP contribution in [0.25, 0.3) is 10.8 Å². The maximum Gasteiger partial charge on any atom is 0.299 e. The van der Waals surface area contributed by atoms with Gasteiger partial charge in [0, 0.05) is 12.1 Å². The van der Waals surface area contributed by atoms with E-state index in [1.807, 2.05) is 48.5 Å². The minimum Gasteiger partial charge on any atom is -0.497 e. The lowest BCUT2D eigenvalue weighted by Gasteiger charge is -2.12. The Kier molecular flexibility index (Phi) is 6.27. The first-order valence-electron chi connectivity index (χ1n) is 10.0. The largest absolute Gasteiger partial charge is 0.497 e. The monoisotopic (exact) mass is 428 g/mol. The Bertz CT molecular complexity index is 1270. The molecular weight excluding hydrogens is 406 g/mol. The molecule has 2 N–H and O–H groups in total. The quantitative estimate of drug-likeness (QED) is 0.298. The second kappa shape index (κ2) is 9.61. The number of carbonyl (C=O) groups excluding carboxylic acids is 1. The van der Waals surface area contributed by atoms with Gasteiger partial charge < -0.3 is 14.8 Å². The van der Waals surface area contributed by atoms with Gasteiger partial charge in [-0.3, -0.25) is 4.79 Å². The van der Waals surface area contributed by atoms with Crippen LogP contribution >= 0.6 is 0 Å².